The molecule has 47 heavy (non-hydrogen) atoms. The lowest BCUT2D eigenvalue weighted by Crippen LogP contribution is -2.50. The van der Waals surface area contributed by atoms with Crippen LogP contribution in [0.1, 0.15) is 64.7 Å². The lowest BCUT2D eigenvalue weighted by Gasteiger charge is -2.34. The Labute approximate surface area is 271 Å². The standard InChI is InChI=1S/C33H37F3N4O6S/c1-22-17-24-9-8-23(22)10-16-47(44,45)40-13-11-32(12-14-40)31(43)37-29(38-32)25-18-26(33(34,35)36)20-28(19-25)46-15-6-4-3-5-7-27(41)21-39(2)30(24)42/h3,5,8-9,17-20H,4,6-7,10-16,21H2,1-2H3,(H,37,38,43)/b5-3-. The number of sulfonamides is 1. The topological polar surface area (TPSA) is 125 Å². The molecule has 1 saturated heterocycles. The van der Waals surface area contributed by atoms with Gasteiger partial charge in [0.15, 0.2) is 5.78 Å². The Balaban J connectivity index is 1.41. The number of allylic oxidation sites excluding steroid dienone is 2. The molecule has 0 aliphatic carbocycles. The molecule has 1 N–H and O–H groups in total. The minimum Gasteiger partial charge on any atom is -0.494 e. The van der Waals surface area contributed by atoms with Gasteiger partial charge in [-0.2, -0.15) is 13.2 Å². The zero-order chi connectivity index (χ0) is 34.0. The molecule has 7 bridgehead atoms. The Bertz CT molecular complexity index is 1730. The van der Waals surface area contributed by atoms with Crippen molar-refractivity contribution in [2.75, 3.05) is 39.0 Å². The highest BCUT2D eigenvalue weighted by atomic mass is 32.2. The maximum absolute atomic E-state index is 13.8. The van der Waals surface area contributed by atoms with Crippen LogP contribution in [0.4, 0.5) is 13.2 Å². The number of ether oxygens (including phenoxy) is 1. The fourth-order valence-electron chi connectivity index (χ4n) is 5.93. The van der Waals surface area contributed by atoms with Crippen LogP contribution in [0.25, 0.3) is 0 Å². The van der Waals surface area contributed by atoms with E-state index in [1.807, 2.05) is 0 Å². The molecule has 10 nitrogen and oxygen atoms in total. The number of rotatable bonds is 0. The fraction of sp³-hybridized carbons (Fsp3) is 0.455. The summed E-state index contributed by atoms with van der Waals surface area (Å²) < 4.78 is 75.0. The second kappa shape index (κ2) is 13.6. The number of nitrogens with zero attached hydrogens (tertiary/aromatic N) is 3. The number of benzene rings is 2. The van der Waals surface area contributed by atoms with Crippen LogP contribution in [-0.4, -0.2) is 85.6 Å². The van der Waals surface area contributed by atoms with E-state index in [1.165, 1.54) is 22.3 Å². The molecule has 0 unspecified atom stereocenters. The number of carbonyl (C=O) groups is 3. The van der Waals surface area contributed by atoms with Crippen LogP contribution in [0.2, 0.25) is 0 Å². The van der Waals surface area contributed by atoms with Gasteiger partial charge in [0, 0.05) is 37.7 Å². The Kier molecular flexibility index (Phi) is 9.92. The minimum absolute atomic E-state index is 0.0183. The van der Waals surface area contributed by atoms with Crippen molar-refractivity contribution in [3.63, 3.8) is 0 Å². The highest BCUT2D eigenvalue weighted by Gasteiger charge is 2.47. The Morgan fingerprint density at radius 2 is 1.74 bits per heavy atom. The number of aryl methyl sites for hydroxylation is 2. The molecule has 0 aromatic heterocycles. The number of hydrogen-bond donors (Lipinski definition) is 1. The van der Waals surface area contributed by atoms with Gasteiger partial charge in [-0.3, -0.25) is 19.4 Å². The predicted molar refractivity (Wildman–Crippen MR) is 169 cm³/mol. The number of alkyl halides is 3. The maximum atomic E-state index is 13.8. The number of ketones is 1. The summed E-state index contributed by atoms with van der Waals surface area (Å²) in [5, 5.41) is 2.62. The molecule has 5 aliphatic heterocycles. The van der Waals surface area contributed by atoms with Crippen LogP contribution in [0.5, 0.6) is 5.75 Å². The average molecular weight is 675 g/mol. The molecule has 2 aromatic carbocycles. The van der Waals surface area contributed by atoms with Gasteiger partial charge in [0.05, 0.1) is 24.5 Å². The van der Waals surface area contributed by atoms with Gasteiger partial charge in [0.1, 0.15) is 17.1 Å². The number of nitrogens with one attached hydrogen (secondary N) is 1. The first kappa shape index (κ1) is 34.3. The number of amidine groups is 1. The van der Waals surface area contributed by atoms with Crippen molar-refractivity contribution in [3.05, 3.63) is 76.4 Å². The molecule has 1 fully saturated rings. The van der Waals surface area contributed by atoms with E-state index in [9.17, 15) is 36.0 Å². The summed E-state index contributed by atoms with van der Waals surface area (Å²) in [6, 6.07) is 8.21. The largest absolute Gasteiger partial charge is 0.494 e. The first-order valence-electron chi connectivity index (χ1n) is 15.4. The molecule has 1 spiro atoms. The fourth-order valence-corrected chi connectivity index (χ4v) is 7.41. The quantitative estimate of drug-likeness (QED) is 0.421. The minimum atomic E-state index is -4.68. The number of hydrogen-bond acceptors (Lipinski definition) is 7. The van der Waals surface area contributed by atoms with Crippen molar-refractivity contribution in [3.8, 4) is 5.75 Å². The Morgan fingerprint density at radius 3 is 2.45 bits per heavy atom. The van der Waals surface area contributed by atoms with E-state index in [0.29, 0.717) is 18.4 Å². The number of carbonyl (C=O) groups excluding carboxylic acids is 3. The van der Waals surface area contributed by atoms with Crippen LogP contribution in [0.3, 0.4) is 0 Å². The van der Waals surface area contributed by atoms with Crippen molar-refractivity contribution >= 4 is 33.5 Å². The molecule has 0 atom stereocenters. The smallest absolute Gasteiger partial charge is 0.416 e. The highest BCUT2D eigenvalue weighted by molar-refractivity contribution is 7.89. The Hall–Kier alpha value is -4.04. The lowest BCUT2D eigenvalue weighted by atomic mass is 9.89. The van der Waals surface area contributed by atoms with Crippen LogP contribution in [-0.2, 0) is 32.2 Å². The van der Waals surface area contributed by atoms with Crippen molar-refractivity contribution in [2.45, 2.75) is 57.2 Å². The highest BCUT2D eigenvalue weighted by Crippen LogP contribution is 2.36. The van der Waals surface area contributed by atoms with E-state index in [0.717, 1.165) is 23.3 Å². The molecule has 14 heteroatoms. The number of piperidine rings is 1. The summed E-state index contributed by atoms with van der Waals surface area (Å²) in [5.74, 6) is -1.24. The summed E-state index contributed by atoms with van der Waals surface area (Å²) in [4.78, 5) is 44.5. The van der Waals surface area contributed by atoms with Crippen molar-refractivity contribution in [1.82, 2.24) is 14.5 Å². The first-order valence-corrected chi connectivity index (χ1v) is 17.0. The van der Waals surface area contributed by atoms with Gasteiger partial charge in [0.25, 0.3) is 11.8 Å². The second-order valence-corrected chi connectivity index (χ2v) is 14.3. The number of amides is 2. The number of Topliss-reactive ketones (excluding diaryl/α,β-unsaturated/α-hetero) is 1. The van der Waals surface area contributed by atoms with Gasteiger partial charge in [0.2, 0.25) is 10.0 Å². The molecule has 2 amide bonds. The molecule has 252 valence electrons. The van der Waals surface area contributed by atoms with E-state index in [-0.39, 0.29) is 86.5 Å². The zero-order valence-corrected chi connectivity index (χ0v) is 27.0. The Morgan fingerprint density at radius 1 is 1.00 bits per heavy atom. The van der Waals surface area contributed by atoms with Crippen LogP contribution >= 0.6 is 0 Å². The molecular weight excluding hydrogens is 637 g/mol. The molecule has 5 aliphatic rings. The van der Waals surface area contributed by atoms with Crippen LogP contribution in [0, 0.1) is 6.92 Å². The normalized spacial score (nSPS) is 25.1. The molecule has 7 rings (SSSR count). The third-order valence-corrected chi connectivity index (χ3v) is 10.6. The molecule has 2 aromatic rings. The molecule has 5 heterocycles. The van der Waals surface area contributed by atoms with E-state index >= 15 is 0 Å². The van der Waals surface area contributed by atoms with Crippen molar-refractivity contribution < 1.29 is 40.7 Å². The molecule has 0 saturated carbocycles. The number of likely N-dealkylation sites (N-methyl/N-ethyl adjacent to an activating group) is 1. The third-order valence-electron chi connectivity index (χ3n) is 8.71. The summed E-state index contributed by atoms with van der Waals surface area (Å²) in [7, 11) is -2.19. The third kappa shape index (κ3) is 7.92. The predicted octanol–water partition coefficient (Wildman–Crippen LogP) is 4.06. The van der Waals surface area contributed by atoms with E-state index in [1.54, 1.807) is 37.3 Å². The van der Waals surface area contributed by atoms with Crippen LogP contribution in [0.15, 0.2) is 53.5 Å². The maximum Gasteiger partial charge on any atom is 0.416 e. The SMILES string of the molecule is Cc1cc2ccc1CCS(=O)(=O)N1CCC3(CC1)N=C(NC3=O)c1cc(cc(C(F)(F)F)c1)OCCC/C=C\CC(=O)CN(C)C2=O. The summed E-state index contributed by atoms with van der Waals surface area (Å²) in [6.07, 6.45) is 0.214. The second-order valence-electron chi connectivity index (χ2n) is 12.2. The summed E-state index contributed by atoms with van der Waals surface area (Å²) in [5.41, 5.74) is -0.320. The van der Waals surface area contributed by atoms with Gasteiger partial charge >= 0.3 is 6.18 Å². The monoisotopic (exact) mass is 674 g/mol. The van der Waals surface area contributed by atoms with E-state index < -0.39 is 33.2 Å². The van der Waals surface area contributed by atoms with E-state index in [4.69, 9.17) is 4.74 Å². The number of aliphatic imine (C=N–C) groups is 1. The zero-order valence-electron chi connectivity index (χ0n) is 26.2. The summed E-state index contributed by atoms with van der Waals surface area (Å²) in [6.45, 7) is 1.85. The van der Waals surface area contributed by atoms with Gasteiger partial charge in [-0.05, 0) is 80.5 Å². The van der Waals surface area contributed by atoms with Gasteiger partial charge < -0.3 is 15.0 Å². The number of fused-ring (bicyclic) bond motifs is 2. The lowest BCUT2D eigenvalue weighted by molar-refractivity contribution is -0.137. The first-order chi connectivity index (χ1) is 22.2. The summed E-state index contributed by atoms with van der Waals surface area (Å²) >= 11 is 0. The molecular formula is C33H37F3N4O6S. The van der Waals surface area contributed by atoms with Crippen LogP contribution < -0.4 is 10.1 Å². The van der Waals surface area contributed by atoms with Gasteiger partial charge in [-0.25, -0.2) is 12.7 Å². The van der Waals surface area contributed by atoms with Crippen molar-refractivity contribution in [2.24, 2.45) is 4.99 Å². The molecule has 0 radical (unpaired) electrons. The number of halogens is 3. The van der Waals surface area contributed by atoms with E-state index in [2.05, 4.69) is 10.3 Å². The average Bonchev–Trinajstić information content (AvgIpc) is 3.33. The van der Waals surface area contributed by atoms with Crippen molar-refractivity contribution in [1.29, 1.82) is 0 Å². The van der Waals surface area contributed by atoms with Gasteiger partial charge in [-0.1, -0.05) is 18.2 Å². The van der Waals surface area contributed by atoms with Gasteiger partial charge in [-0.15, -0.1) is 0 Å².